The fourth-order valence-corrected chi connectivity index (χ4v) is 0.656. The Kier molecular flexibility index (Phi) is 14.4. The summed E-state index contributed by atoms with van der Waals surface area (Å²) in [6, 6.07) is 6.00. The van der Waals surface area contributed by atoms with Crippen molar-refractivity contribution >= 4 is 34.0 Å². The molecule has 1 heterocycles. The zero-order chi connectivity index (χ0) is 6.69. The molecule has 5 heteroatoms. The van der Waals surface area contributed by atoms with E-state index < -0.39 is 0 Å². The molecule has 0 unspecified atom stereocenters. The van der Waals surface area contributed by atoms with Crippen LogP contribution >= 0.6 is 34.0 Å². The molecule has 0 N–H and O–H groups in total. The molecule has 0 aliphatic rings. The Bertz CT molecular complexity index is 179. The van der Waals surface area contributed by atoms with Gasteiger partial charge in [-0.15, -0.1) is 34.0 Å². The van der Waals surface area contributed by atoms with Gasteiger partial charge in [0.2, 0.25) is 0 Å². The number of rotatable bonds is 1. The maximum atomic E-state index is 2.00. The Morgan fingerprint density at radius 2 is 1.33 bits per heavy atom. The Labute approximate surface area is 105 Å². The highest BCUT2D eigenvalue weighted by Crippen LogP contribution is 1.74. The van der Waals surface area contributed by atoms with E-state index in [0.29, 0.717) is 0 Å². The molecular formula is C7H13Br3N2. The second kappa shape index (κ2) is 9.48. The quantitative estimate of drug-likeness (QED) is 0.541. The van der Waals surface area contributed by atoms with Crippen LogP contribution in [-0.4, -0.2) is 14.1 Å². The van der Waals surface area contributed by atoms with Gasteiger partial charge in [-0.05, 0) is 0 Å². The summed E-state index contributed by atoms with van der Waals surface area (Å²) >= 11 is 0. The van der Waals surface area contributed by atoms with Gasteiger partial charge in [0.1, 0.15) is 0 Å². The highest BCUT2D eigenvalue weighted by atomic mass is 79.9. The van der Waals surface area contributed by atoms with Gasteiger partial charge in [-0.2, -0.15) is 5.01 Å². The van der Waals surface area contributed by atoms with Crippen LogP contribution in [0.25, 0.3) is 0 Å². The lowest BCUT2D eigenvalue weighted by molar-refractivity contribution is -0.687. The van der Waals surface area contributed by atoms with Gasteiger partial charge < -0.3 is 17.0 Å². The molecule has 0 aliphatic carbocycles. The van der Waals surface area contributed by atoms with Crippen LogP contribution < -0.4 is 26.7 Å². The van der Waals surface area contributed by atoms with Crippen LogP contribution in [0.1, 0.15) is 0 Å². The lowest BCUT2D eigenvalue weighted by Gasteiger charge is -2.02. The van der Waals surface area contributed by atoms with Gasteiger partial charge in [0, 0.05) is 12.1 Å². The molecule has 12 heavy (non-hydrogen) atoms. The molecule has 0 amide bonds. The number of nitrogens with zero attached hydrogens (tertiary/aromatic N) is 2. The van der Waals surface area contributed by atoms with Crippen LogP contribution in [0.3, 0.4) is 0 Å². The molecule has 0 saturated heterocycles. The molecule has 0 aliphatic heterocycles. The van der Waals surface area contributed by atoms with Crippen molar-refractivity contribution in [1.82, 2.24) is 0 Å². The molecule has 0 spiro atoms. The van der Waals surface area contributed by atoms with Crippen LogP contribution in [0.5, 0.6) is 0 Å². The van der Waals surface area contributed by atoms with Crippen molar-refractivity contribution in [2.75, 3.05) is 19.1 Å². The van der Waals surface area contributed by atoms with Gasteiger partial charge >= 0.3 is 0 Å². The van der Waals surface area contributed by atoms with Crippen LogP contribution in [0.15, 0.2) is 30.6 Å². The topological polar surface area (TPSA) is 7.12 Å². The first-order valence-electron chi connectivity index (χ1n) is 2.94. The molecule has 0 saturated carbocycles. The minimum Gasteiger partial charge on any atom is -1.00 e. The van der Waals surface area contributed by atoms with E-state index >= 15 is 0 Å². The van der Waals surface area contributed by atoms with Crippen LogP contribution in [-0.2, 0) is 0 Å². The zero-order valence-corrected chi connectivity index (χ0v) is 12.0. The summed E-state index contributed by atoms with van der Waals surface area (Å²) in [7, 11) is 4.00. The first kappa shape index (κ1) is 18.2. The van der Waals surface area contributed by atoms with Crippen molar-refractivity contribution in [1.29, 1.82) is 0 Å². The number of hydrogen-bond acceptors (Lipinski definition) is 1. The molecule has 0 radical (unpaired) electrons. The molecule has 1 aromatic rings. The average molecular weight is 365 g/mol. The second-order valence-electron chi connectivity index (χ2n) is 2.10. The summed E-state index contributed by atoms with van der Waals surface area (Å²) in [6.45, 7) is 0. The maximum absolute atomic E-state index is 2.00. The molecule has 0 fully saturated rings. The van der Waals surface area contributed by atoms with E-state index in [1.165, 1.54) is 0 Å². The predicted molar refractivity (Wildman–Crippen MR) is 57.3 cm³/mol. The smallest absolute Gasteiger partial charge is 0.199 e. The summed E-state index contributed by atoms with van der Waals surface area (Å²) in [5, 5.41) is 2.00. The summed E-state index contributed by atoms with van der Waals surface area (Å²) in [5.74, 6) is 0. The van der Waals surface area contributed by atoms with Gasteiger partial charge in [-0.25, -0.2) is 0 Å². The summed E-state index contributed by atoms with van der Waals surface area (Å²) in [5.41, 5.74) is 0. The van der Waals surface area contributed by atoms with Gasteiger partial charge in [0.05, 0.1) is 14.1 Å². The summed E-state index contributed by atoms with van der Waals surface area (Å²) in [4.78, 5) is 0. The van der Waals surface area contributed by atoms with Crippen LogP contribution in [0.4, 0.5) is 0 Å². The molecular weight excluding hydrogens is 352 g/mol. The van der Waals surface area contributed by atoms with Gasteiger partial charge in [-0.3, -0.25) is 0 Å². The van der Waals surface area contributed by atoms with Gasteiger partial charge in [-0.1, -0.05) is 10.7 Å². The first-order valence-corrected chi connectivity index (χ1v) is 2.94. The Morgan fingerprint density at radius 3 is 1.58 bits per heavy atom. The fraction of sp³-hybridized carbons (Fsp3) is 0.286. The van der Waals surface area contributed by atoms with Gasteiger partial charge in [0.15, 0.2) is 12.4 Å². The fourth-order valence-electron chi connectivity index (χ4n) is 0.656. The Hall–Kier alpha value is 0.390. The van der Waals surface area contributed by atoms with Crippen molar-refractivity contribution < 1.29 is 21.7 Å². The first-order chi connectivity index (χ1) is 4.30. The average Bonchev–Trinajstić information content (AvgIpc) is 1.90. The lowest BCUT2D eigenvalue weighted by Crippen LogP contribution is -3.00. The number of aromatic nitrogens is 1. The lowest BCUT2D eigenvalue weighted by atomic mass is 10.5. The van der Waals surface area contributed by atoms with E-state index in [2.05, 4.69) is 0 Å². The molecule has 1 rings (SSSR count). The number of pyridine rings is 1. The molecule has 2 nitrogen and oxygen atoms in total. The van der Waals surface area contributed by atoms with Crippen LogP contribution in [0.2, 0.25) is 0 Å². The molecule has 0 aromatic carbocycles. The van der Waals surface area contributed by atoms with E-state index in [1.54, 1.807) is 0 Å². The normalized spacial score (nSPS) is 6.83. The van der Waals surface area contributed by atoms with Crippen molar-refractivity contribution in [3.8, 4) is 0 Å². The van der Waals surface area contributed by atoms with Crippen molar-refractivity contribution in [2.24, 2.45) is 0 Å². The van der Waals surface area contributed by atoms with Crippen LogP contribution in [0, 0.1) is 0 Å². The summed E-state index contributed by atoms with van der Waals surface area (Å²) in [6.07, 6.45) is 4.00. The van der Waals surface area contributed by atoms with Crippen molar-refractivity contribution in [2.45, 2.75) is 0 Å². The molecule has 72 valence electrons. The third-order valence-electron chi connectivity index (χ3n) is 1.16. The minimum absolute atomic E-state index is 0. The van der Waals surface area contributed by atoms with E-state index in [9.17, 15) is 0 Å². The Balaban J connectivity index is -0.000000270. The number of hydrogen-bond donors (Lipinski definition) is 0. The van der Waals surface area contributed by atoms with E-state index in [-0.39, 0.29) is 50.9 Å². The minimum atomic E-state index is 0. The highest BCUT2D eigenvalue weighted by molar-refractivity contribution is 8.93. The molecule has 0 bridgehead atoms. The standard InChI is InChI=1S/C7H11N2.3BrH/c1-8(2)9-6-4-3-5-7-9;;;/h3-7H,1-2H3;3*1H/q+1;;;/p-1. The Morgan fingerprint density at radius 1 is 0.917 bits per heavy atom. The maximum Gasteiger partial charge on any atom is 0.199 e. The van der Waals surface area contributed by atoms with E-state index in [0.717, 1.165) is 0 Å². The third kappa shape index (κ3) is 5.97. The third-order valence-corrected chi connectivity index (χ3v) is 1.16. The summed E-state index contributed by atoms with van der Waals surface area (Å²) < 4.78 is 2.00. The predicted octanol–water partition coefficient (Wildman–Crippen LogP) is -1.67. The molecule has 0 atom stereocenters. The zero-order valence-electron chi connectivity index (χ0n) is 6.98. The van der Waals surface area contributed by atoms with Crippen molar-refractivity contribution in [3.63, 3.8) is 0 Å². The largest absolute Gasteiger partial charge is 1.00 e. The van der Waals surface area contributed by atoms with E-state index in [1.807, 2.05) is 54.4 Å². The highest BCUT2D eigenvalue weighted by Gasteiger charge is 1.95. The number of halogens is 3. The van der Waals surface area contributed by atoms with E-state index in [4.69, 9.17) is 0 Å². The van der Waals surface area contributed by atoms with Gasteiger partial charge in [0.25, 0.3) is 0 Å². The second-order valence-corrected chi connectivity index (χ2v) is 2.10. The molecule has 1 aromatic heterocycles. The SMILES string of the molecule is Br.Br.CN(C)[n+]1ccccc1.[Br-]. The monoisotopic (exact) mass is 362 g/mol. The van der Waals surface area contributed by atoms with Crippen molar-refractivity contribution in [3.05, 3.63) is 30.6 Å².